The standard InChI is InChI=1S/C19H29N3/c1-14-12-17-18(13-15(14)2)22(11-7-6-10-20)19(21-17)16-8-4-3-5-9-16/h12-13,16H,3-11,20H2,1-2H3. The SMILES string of the molecule is Cc1cc2nc(C3CCCCC3)n(CCCCN)c2cc1C. The highest BCUT2D eigenvalue weighted by Gasteiger charge is 2.22. The van der Waals surface area contributed by atoms with Crippen LogP contribution in [0.15, 0.2) is 12.1 Å². The molecule has 3 heteroatoms. The molecular weight excluding hydrogens is 270 g/mol. The van der Waals surface area contributed by atoms with Crippen LogP contribution in [0.25, 0.3) is 11.0 Å². The summed E-state index contributed by atoms with van der Waals surface area (Å²) in [5.41, 5.74) is 10.9. The number of nitrogens with zero attached hydrogens (tertiary/aromatic N) is 2. The van der Waals surface area contributed by atoms with Crippen molar-refractivity contribution in [2.24, 2.45) is 5.73 Å². The summed E-state index contributed by atoms with van der Waals surface area (Å²) in [7, 11) is 0. The molecule has 0 unspecified atom stereocenters. The van der Waals surface area contributed by atoms with Gasteiger partial charge in [0.1, 0.15) is 5.82 Å². The average molecular weight is 299 g/mol. The van der Waals surface area contributed by atoms with Gasteiger partial charge in [0.2, 0.25) is 0 Å². The number of rotatable bonds is 5. The first-order valence-electron chi connectivity index (χ1n) is 8.88. The van der Waals surface area contributed by atoms with Gasteiger partial charge >= 0.3 is 0 Å². The van der Waals surface area contributed by atoms with Crippen molar-refractivity contribution in [1.82, 2.24) is 9.55 Å². The molecule has 1 fully saturated rings. The van der Waals surface area contributed by atoms with E-state index in [0.717, 1.165) is 25.9 Å². The number of hydrogen-bond acceptors (Lipinski definition) is 2. The van der Waals surface area contributed by atoms with Crippen LogP contribution in [0.3, 0.4) is 0 Å². The van der Waals surface area contributed by atoms with Gasteiger partial charge in [-0.15, -0.1) is 0 Å². The third kappa shape index (κ3) is 3.05. The molecule has 2 N–H and O–H groups in total. The van der Waals surface area contributed by atoms with E-state index in [0.29, 0.717) is 5.92 Å². The first kappa shape index (κ1) is 15.5. The molecule has 0 bridgehead atoms. The molecule has 1 aliphatic carbocycles. The molecule has 0 radical (unpaired) electrons. The fourth-order valence-corrected chi connectivity index (χ4v) is 3.72. The lowest BCUT2D eigenvalue weighted by Gasteiger charge is -2.22. The zero-order chi connectivity index (χ0) is 15.5. The molecule has 0 aliphatic heterocycles. The predicted octanol–water partition coefficient (Wildman–Crippen LogP) is 4.44. The Kier molecular flexibility index (Phi) is 4.82. The Balaban J connectivity index is 2.01. The lowest BCUT2D eigenvalue weighted by atomic mass is 9.88. The van der Waals surface area contributed by atoms with E-state index in [1.54, 1.807) is 0 Å². The van der Waals surface area contributed by atoms with Crippen molar-refractivity contribution >= 4 is 11.0 Å². The minimum absolute atomic E-state index is 0.652. The quantitative estimate of drug-likeness (QED) is 0.829. The van der Waals surface area contributed by atoms with Gasteiger partial charge in [-0.3, -0.25) is 0 Å². The molecule has 0 amide bonds. The summed E-state index contributed by atoms with van der Waals surface area (Å²) in [6.07, 6.45) is 8.95. The Morgan fingerprint density at radius 2 is 1.82 bits per heavy atom. The number of aryl methyl sites for hydroxylation is 3. The third-order valence-electron chi connectivity index (χ3n) is 5.20. The summed E-state index contributed by atoms with van der Waals surface area (Å²) in [4.78, 5) is 5.05. The van der Waals surface area contributed by atoms with Crippen molar-refractivity contribution in [2.75, 3.05) is 6.54 Å². The van der Waals surface area contributed by atoms with Crippen molar-refractivity contribution in [2.45, 2.75) is 71.3 Å². The van der Waals surface area contributed by atoms with E-state index in [9.17, 15) is 0 Å². The van der Waals surface area contributed by atoms with Crippen LogP contribution in [-0.2, 0) is 6.54 Å². The van der Waals surface area contributed by atoms with E-state index in [1.807, 2.05) is 0 Å². The second-order valence-electron chi connectivity index (χ2n) is 6.88. The smallest absolute Gasteiger partial charge is 0.112 e. The number of aromatic nitrogens is 2. The highest BCUT2D eigenvalue weighted by atomic mass is 15.1. The molecule has 3 rings (SSSR count). The molecule has 0 saturated heterocycles. The van der Waals surface area contributed by atoms with Crippen LogP contribution >= 0.6 is 0 Å². The summed E-state index contributed by atoms with van der Waals surface area (Å²) < 4.78 is 2.49. The maximum atomic E-state index is 5.68. The summed E-state index contributed by atoms with van der Waals surface area (Å²) in [5.74, 6) is 1.98. The number of imidazole rings is 1. The van der Waals surface area contributed by atoms with Gasteiger partial charge in [0.15, 0.2) is 0 Å². The summed E-state index contributed by atoms with van der Waals surface area (Å²) in [6.45, 7) is 6.22. The molecule has 120 valence electrons. The molecule has 0 atom stereocenters. The summed E-state index contributed by atoms with van der Waals surface area (Å²) in [5, 5.41) is 0. The molecule has 1 aromatic heterocycles. The van der Waals surface area contributed by atoms with Crippen LogP contribution in [0.1, 0.15) is 67.8 Å². The summed E-state index contributed by atoms with van der Waals surface area (Å²) >= 11 is 0. The molecule has 2 aromatic rings. The zero-order valence-corrected chi connectivity index (χ0v) is 14.1. The molecular formula is C19H29N3. The maximum Gasteiger partial charge on any atom is 0.112 e. The van der Waals surface area contributed by atoms with Gasteiger partial charge < -0.3 is 10.3 Å². The second-order valence-corrected chi connectivity index (χ2v) is 6.88. The first-order valence-corrected chi connectivity index (χ1v) is 8.88. The van der Waals surface area contributed by atoms with Crippen molar-refractivity contribution < 1.29 is 0 Å². The normalized spacial score (nSPS) is 16.5. The van der Waals surface area contributed by atoms with Crippen LogP contribution in [0, 0.1) is 13.8 Å². The van der Waals surface area contributed by atoms with Gasteiger partial charge in [-0.05, 0) is 69.3 Å². The molecule has 1 aliphatic rings. The fraction of sp³-hybridized carbons (Fsp3) is 0.632. The largest absolute Gasteiger partial charge is 0.330 e. The fourth-order valence-electron chi connectivity index (χ4n) is 3.72. The Hall–Kier alpha value is -1.35. The van der Waals surface area contributed by atoms with Crippen LogP contribution < -0.4 is 5.73 Å². The van der Waals surface area contributed by atoms with E-state index in [1.165, 1.54) is 60.1 Å². The number of benzene rings is 1. The monoisotopic (exact) mass is 299 g/mol. The minimum atomic E-state index is 0.652. The molecule has 1 saturated carbocycles. The zero-order valence-electron chi connectivity index (χ0n) is 14.1. The third-order valence-corrected chi connectivity index (χ3v) is 5.20. The van der Waals surface area contributed by atoms with E-state index < -0.39 is 0 Å². The maximum absolute atomic E-state index is 5.68. The molecule has 0 spiro atoms. The highest BCUT2D eigenvalue weighted by molar-refractivity contribution is 5.78. The van der Waals surface area contributed by atoms with Gasteiger partial charge in [-0.25, -0.2) is 4.98 Å². The number of hydrogen-bond donors (Lipinski definition) is 1. The van der Waals surface area contributed by atoms with Gasteiger partial charge in [0, 0.05) is 12.5 Å². The number of nitrogens with two attached hydrogens (primary N) is 1. The molecule has 1 aromatic carbocycles. The highest BCUT2D eigenvalue weighted by Crippen LogP contribution is 2.34. The molecule has 1 heterocycles. The van der Waals surface area contributed by atoms with E-state index >= 15 is 0 Å². The van der Waals surface area contributed by atoms with Crippen molar-refractivity contribution in [3.8, 4) is 0 Å². The number of unbranched alkanes of at least 4 members (excludes halogenated alkanes) is 1. The van der Waals surface area contributed by atoms with Gasteiger partial charge in [0.05, 0.1) is 11.0 Å². The van der Waals surface area contributed by atoms with Crippen LogP contribution in [0.2, 0.25) is 0 Å². The molecule has 3 nitrogen and oxygen atoms in total. The Morgan fingerprint density at radius 1 is 1.09 bits per heavy atom. The lowest BCUT2D eigenvalue weighted by molar-refractivity contribution is 0.414. The Bertz CT molecular complexity index is 636. The summed E-state index contributed by atoms with van der Waals surface area (Å²) in [6, 6.07) is 4.59. The number of fused-ring (bicyclic) bond motifs is 1. The molecule has 22 heavy (non-hydrogen) atoms. The Morgan fingerprint density at radius 3 is 2.55 bits per heavy atom. The van der Waals surface area contributed by atoms with Crippen LogP contribution in [0.4, 0.5) is 0 Å². The van der Waals surface area contributed by atoms with Crippen molar-refractivity contribution in [3.05, 3.63) is 29.1 Å². The lowest BCUT2D eigenvalue weighted by Crippen LogP contribution is -2.13. The van der Waals surface area contributed by atoms with E-state index in [4.69, 9.17) is 10.7 Å². The second kappa shape index (κ2) is 6.82. The van der Waals surface area contributed by atoms with Crippen molar-refractivity contribution in [3.63, 3.8) is 0 Å². The van der Waals surface area contributed by atoms with E-state index in [2.05, 4.69) is 30.5 Å². The van der Waals surface area contributed by atoms with Crippen molar-refractivity contribution in [1.29, 1.82) is 0 Å². The van der Waals surface area contributed by atoms with E-state index in [-0.39, 0.29) is 0 Å². The minimum Gasteiger partial charge on any atom is -0.330 e. The average Bonchev–Trinajstić information content (AvgIpc) is 2.87. The van der Waals surface area contributed by atoms with Gasteiger partial charge in [-0.1, -0.05) is 19.3 Å². The topological polar surface area (TPSA) is 43.8 Å². The van der Waals surface area contributed by atoms with Crippen LogP contribution in [-0.4, -0.2) is 16.1 Å². The predicted molar refractivity (Wildman–Crippen MR) is 93.3 cm³/mol. The van der Waals surface area contributed by atoms with Gasteiger partial charge in [0.25, 0.3) is 0 Å². The Labute approximate surface area is 133 Å². The first-order chi connectivity index (χ1) is 10.7. The van der Waals surface area contributed by atoms with Crippen LogP contribution in [0.5, 0.6) is 0 Å². The van der Waals surface area contributed by atoms with Gasteiger partial charge in [-0.2, -0.15) is 0 Å².